The summed E-state index contributed by atoms with van der Waals surface area (Å²) in [5.41, 5.74) is 0. The molecule has 2 rings (SSSR count). The van der Waals surface area contributed by atoms with Crippen molar-refractivity contribution >= 4 is 0 Å². The van der Waals surface area contributed by atoms with Crippen LogP contribution in [0.4, 0.5) is 0 Å². The SMILES string of the molecule is CCc1noc(C2NCCC2C)n1. The van der Waals surface area contributed by atoms with Crippen molar-refractivity contribution in [3.05, 3.63) is 11.7 Å². The molecule has 1 saturated heterocycles. The maximum Gasteiger partial charge on any atom is 0.244 e. The van der Waals surface area contributed by atoms with E-state index in [-0.39, 0.29) is 6.04 Å². The van der Waals surface area contributed by atoms with Gasteiger partial charge in [-0.25, -0.2) is 0 Å². The summed E-state index contributed by atoms with van der Waals surface area (Å²) >= 11 is 0. The largest absolute Gasteiger partial charge is 0.338 e. The summed E-state index contributed by atoms with van der Waals surface area (Å²) in [7, 11) is 0. The Morgan fingerprint density at radius 3 is 3.00 bits per heavy atom. The monoisotopic (exact) mass is 181 g/mol. The lowest BCUT2D eigenvalue weighted by atomic mass is 10.0. The van der Waals surface area contributed by atoms with Crippen LogP contribution in [-0.2, 0) is 6.42 Å². The van der Waals surface area contributed by atoms with E-state index in [1.54, 1.807) is 0 Å². The van der Waals surface area contributed by atoms with E-state index >= 15 is 0 Å². The van der Waals surface area contributed by atoms with Gasteiger partial charge in [0.15, 0.2) is 5.82 Å². The van der Waals surface area contributed by atoms with E-state index in [0.717, 1.165) is 24.7 Å². The van der Waals surface area contributed by atoms with E-state index in [4.69, 9.17) is 4.52 Å². The predicted octanol–water partition coefficient (Wildman–Crippen LogP) is 1.30. The Hall–Kier alpha value is -0.900. The molecular weight excluding hydrogens is 166 g/mol. The average Bonchev–Trinajstić information content (AvgIpc) is 2.71. The molecule has 1 aliphatic rings. The first-order valence-corrected chi connectivity index (χ1v) is 4.87. The third kappa shape index (κ3) is 1.58. The number of hydrogen-bond donors (Lipinski definition) is 1. The maximum absolute atomic E-state index is 5.19. The molecule has 1 N–H and O–H groups in total. The number of nitrogens with zero attached hydrogens (tertiary/aromatic N) is 2. The lowest BCUT2D eigenvalue weighted by Crippen LogP contribution is -2.16. The number of aromatic nitrogens is 2. The van der Waals surface area contributed by atoms with Gasteiger partial charge in [-0.2, -0.15) is 4.98 Å². The fraction of sp³-hybridized carbons (Fsp3) is 0.778. The van der Waals surface area contributed by atoms with Crippen LogP contribution < -0.4 is 5.32 Å². The quantitative estimate of drug-likeness (QED) is 0.747. The minimum absolute atomic E-state index is 0.271. The van der Waals surface area contributed by atoms with Crippen molar-refractivity contribution in [2.24, 2.45) is 5.92 Å². The van der Waals surface area contributed by atoms with Gasteiger partial charge in [-0.1, -0.05) is 19.0 Å². The lowest BCUT2D eigenvalue weighted by Gasteiger charge is -2.08. The summed E-state index contributed by atoms with van der Waals surface area (Å²) < 4.78 is 5.19. The van der Waals surface area contributed by atoms with Crippen LogP contribution in [0.2, 0.25) is 0 Å². The molecule has 0 radical (unpaired) electrons. The summed E-state index contributed by atoms with van der Waals surface area (Å²) in [6.45, 7) is 5.29. The molecular formula is C9H15N3O. The molecule has 0 amide bonds. The van der Waals surface area contributed by atoms with Crippen molar-refractivity contribution < 1.29 is 4.52 Å². The molecule has 1 aromatic heterocycles. The molecule has 0 aromatic carbocycles. The first-order chi connectivity index (χ1) is 6.31. The number of aryl methyl sites for hydroxylation is 1. The van der Waals surface area contributed by atoms with Gasteiger partial charge in [0.25, 0.3) is 0 Å². The van der Waals surface area contributed by atoms with Crippen LogP contribution in [0.15, 0.2) is 4.52 Å². The van der Waals surface area contributed by atoms with Gasteiger partial charge in [-0.3, -0.25) is 0 Å². The van der Waals surface area contributed by atoms with Crippen LogP contribution >= 0.6 is 0 Å². The second-order valence-electron chi connectivity index (χ2n) is 3.60. The van der Waals surface area contributed by atoms with Crippen LogP contribution in [0.3, 0.4) is 0 Å². The van der Waals surface area contributed by atoms with Gasteiger partial charge in [0.05, 0.1) is 6.04 Å². The smallest absolute Gasteiger partial charge is 0.244 e. The van der Waals surface area contributed by atoms with Gasteiger partial charge in [0, 0.05) is 6.42 Å². The van der Waals surface area contributed by atoms with Gasteiger partial charge in [0.1, 0.15) is 0 Å². The van der Waals surface area contributed by atoms with Crippen molar-refractivity contribution in [3.63, 3.8) is 0 Å². The number of rotatable bonds is 2. The van der Waals surface area contributed by atoms with Gasteiger partial charge in [0.2, 0.25) is 5.89 Å². The van der Waals surface area contributed by atoms with Gasteiger partial charge in [-0.05, 0) is 18.9 Å². The highest BCUT2D eigenvalue weighted by Crippen LogP contribution is 2.27. The molecule has 0 saturated carbocycles. The van der Waals surface area contributed by atoms with E-state index in [1.165, 1.54) is 6.42 Å². The fourth-order valence-electron chi connectivity index (χ4n) is 1.70. The summed E-state index contributed by atoms with van der Waals surface area (Å²) in [6.07, 6.45) is 2.03. The molecule has 72 valence electrons. The molecule has 1 aliphatic heterocycles. The summed E-state index contributed by atoms with van der Waals surface area (Å²) in [5, 5.41) is 7.25. The first kappa shape index (κ1) is 8.69. The number of hydrogen-bond acceptors (Lipinski definition) is 4. The van der Waals surface area contributed by atoms with Crippen LogP contribution in [0.1, 0.15) is 38.0 Å². The standard InChI is InChI=1S/C9H15N3O/c1-3-7-11-9(13-12-7)8-6(2)4-5-10-8/h6,8,10H,3-5H2,1-2H3. The molecule has 2 unspecified atom stereocenters. The molecule has 4 nitrogen and oxygen atoms in total. The molecule has 1 aromatic rings. The molecule has 13 heavy (non-hydrogen) atoms. The minimum atomic E-state index is 0.271. The second-order valence-corrected chi connectivity index (χ2v) is 3.60. The van der Waals surface area contributed by atoms with E-state index in [9.17, 15) is 0 Å². The highest BCUT2D eigenvalue weighted by atomic mass is 16.5. The highest BCUT2D eigenvalue weighted by molar-refractivity contribution is 4.97. The Bertz CT molecular complexity index is 284. The van der Waals surface area contributed by atoms with Crippen LogP contribution in [0.25, 0.3) is 0 Å². The van der Waals surface area contributed by atoms with Crippen molar-refractivity contribution in [2.75, 3.05) is 6.54 Å². The summed E-state index contributed by atoms with van der Waals surface area (Å²) in [5.74, 6) is 2.16. The van der Waals surface area contributed by atoms with Gasteiger partial charge < -0.3 is 9.84 Å². The second kappa shape index (κ2) is 3.46. The fourth-order valence-corrected chi connectivity index (χ4v) is 1.70. The Morgan fingerprint density at radius 2 is 2.46 bits per heavy atom. The molecule has 0 spiro atoms. The Kier molecular flexibility index (Phi) is 2.31. The average molecular weight is 181 g/mol. The normalized spacial score (nSPS) is 28.2. The van der Waals surface area contributed by atoms with Gasteiger partial charge in [-0.15, -0.1) is 0 Å². The van der Waals surface area contributed by atoms with Crippen LogP contribution in [0, 0.1) is 5.92 Å². The predicted molar refractivity (Wildman–Crippen MR) is 48.2 cm³/mol. The van der Waals surface area contributed by atoms with Crippen LogP contribution in [-0.4, -0.2) is 16.7 Å². The lowest BCUT2D eigenvalue weighted by molar-refractivity contribution is 0.317. The first-order valence-electron chi connectivity index (χ1n) is 4.87. The summed E-state index contributed by atoms with van der Waals surface area (Å²) in [4.78, 5) is 4.32. The Morgan fingerprint density at radius 1 is 1.62 bits per heavy atom. The van der Waals surface area contributed by atoms with E-state index in [1.807, 2.05) is 6.92 Å². The van der Waals surface area contributed by atoms with Gasteiger partial charge >= 0.3 is 0 Å². The molecule has 0 bridgehead atoms. The number of nitrogens with one attached hydrogen (secondary N) is 1. The third-order valence-corrected chi connectivity index (χ3v) is 2.60. The molecule has 2 heterocycles. The van der Waals surface area contributed by atoms with Crippen LogP contribution in [0.5, 0.6) is 0 Å². The third-order valence-electron chi connectivity index (χ3n) is 2.60. The van der Waals surface area contributed by atoms with Crippen molar-refractivity contribution in [1.82, 2.24) is 15.5 Å². The van der Waals surface area contributed by atoms with Crippen molar-refractivity contribution in [3.8, 4) is 0 Å². The zero-order valence-corrected chi connectivity index (χ0v) is 8.08. The zero-order chi connectivity index (χ0) is 9.26. The van der Waals surface area contributed by atoms with E-state index in [0.29, 0.717) is 5.92 Å². The Balaban J connectivity index is 2.15. The summed E-state index contributed by atoms with van der Waals surface area (Å²) in [6, 6.07) is 0.271. The van der Waals surface area contributed by atoms with Crippen molar-refractivity contribution in [2.45, 2.75) is 32.7 Å². The molecule has 2 atom stereocenters. The minimum Gasteiger partial charge on any atom is -0.338 e. The zero-order valence-electron chi connectivity index (χ0n) is 8.08. The van der Waals surface area contributed by atoms with E-state index in [2.05, 4.69) is 22.4 Å². The Labute approximate surface area is 77.7 Å². The molecule has 0 aliphatic carbocycles. The van der Waals surface area contributed by atoms with Crippen molar-refractivity contribution in [1.29, 1.82) is 0 Å². The van der Waals surface area contributed by atoms with E-state index < -0.39 is 0 Å². The highest BCUT2D eigenvalue weighted by Gasteiger charge is 2.28. The molecule has 4 heteroatoms. The topological polar surface area (TPSA) is 51.0 Å². The maximum atomic E-state index is 5.19. The molecule has 1 fully saturated rings.